The Morgan fingerprint density at radius 2 is 1.30 bits per heavy atom. The monoisotopic (exact) mass is 713 g/mol. The van der Waals surface area contributed by atoms with E-state index in [4.69, 9.17) is 0 Å². The van der Waals surface area contributed by atoms with E-state index in [0.29, 0.717) is 0 Å². The van der Waals surface area contributed by atoms with Gasteiger partial charge in [0.25, 0.3) is 0 Å². The molecule has 1 spiro atoms. The first-order valence-electron chi connectivity index (χ1n) is 20.2. The fourth-order valence-electron chi connectivity index (χ4n) is 12.3. The van der Waals surface area contributed by atoms with Gasteiger partial charge < -0.3 is 4.90 Å². The maximum Gasteiger partial charge on any atom is 0.0554 e. The number of fused-ring (bicyclic) bond motifs is 6. The van der Waals surface area contributed by atoms with Crippen molar-refractivity contribution in [3.8, 4) is 22.3 Å². The van der Waals surface area contributed by atoms with Gasteiger partial charge in [0.05, 0.1) is 5.69 Å². The molecule has 7 aromatic rings. The lowest BCUT2D eigenvalue weighted by Crippen LogP contribution is -2.55. The average molecular weight is 714 g/mol. The van der Waals surface area contributed by atoms with E-state index in [0.717, 1.165) is 30.1 Å². The minimum atomic E-state index is 0.216. The van der Waals surface area contributed by atoms with Gasteiger partial charge in [0.2, 0.25) is 0 Å². The molecular formula is C52H43NS. The van der Waals surface area contributed by atoms with Crippen LogP contribution in [0, 0.1) is 23.7 Å². The first kappa shape index (κ1) is 31.2. The summed E-state index contributed by atoms with van der Waals surface area (Å²) < 4.78 is 2.66. The minimum absolute atomic E-state index is 0.216. The second-order valence-electron chi connectivity index (χ2n) is 16.9. The van der Waals surface area contributed by atoms with Crippen molar-refractivity contribution >= 4 is 42.9 Å². The van der Waals surface area contributed by atoms with Gasteiger partial charge in [-0.3, -0.25) is 0 Å². The second-order valence-corrected chi connectivity index (χ2v) is 17.9. The van der Waals surface area contributed by atoms with Crippen molar-refractivity contribution in [3.63, 3.8) is 0 Å². The molecule has 6 aliphatic carbocycles. The van der Waals surface area contributed by atoms with Crippen LogP contribution in [0.4, 0.5) is 11.4 Å². The van der Waals surface area contributed by atoms with E-state index in [9.17, 15) is 0 Å². The van der Waals surface area contributed by atoms with Crippen LogP contribution in [-0.4, -0.2) is 0 Å². The Bertz CT molecular complexity index is 2650. The highest BCUT2D eigenvalue weighted by molar-refractivity contribution is 7.26. The van der Waals surface area contributed by atoms with Gasteiger partial charge in [0, 0.05) is 42.9 Å². The molecule has 54 heavy (non-hydrogen) atoms. The lowest BCUT2D eigenvalue weighted by Gasteiger charge is -2.61. The fourth-order valence-corrected chi connectivity index (χ4v) is 13.4. The van der Waals surface area contributed by atoms with E-state index in [1.165, 1.54) is 97.2 Å². The average Bonchev–Trinajstić information content (AvgIpc) is 3.75. The van der Waals surface area contributed by atoms with Crippen molar-refractivity contribution in [2.24, 2.45) is 23.7 Å². The number of anilines is 2. The summed E-state index contributed by atoms with van der Waals surface area (Å²) in [6.07, 6.45) is 15.5. The Labute approximate surface area is 322 Å². The molecule has 262 valence electrons. The Hall–Kier alpha value is -5.18. The molecule has 4 saturated carbocycles. The number of thiophene rings is 1. The molecule has 0 amide bonds. The molecule has 0 N–H and O–H groups in total. The zero-order valence-electron chi connectivity index (χ0n) is 30.5. The van der Waals surface area contributed by atoms with Crippen LogP contribution in [0.15, 0.2) is 163 Å². The van der Waals surface area contributed by atoms with E-state index >= 15 is 0 Å². The summed E-state index contributed by atoms with van der Waals surface area (Å²) in [5, 5.41) is 2.65. The van der Waals surface area contributed by atoms with Crippen molar-refractivity contribution in [2.45, 2.75) is 49.9 Å². The van der Waals surface area contributed by atoms with Crippen LogP contribution in [0.2, 0.25) is 0 Å². The standard InChI is InChI=1S/C52H43NS/c1-2-11-35(12-3-1)36-13-8-15-41(30-36)53(48-20-10-22-50-51(48)44-18-5-7-21-49(44)54-50)42-16-9-14-37(31-42)38-23-24-47-45(32-38)43-17-4-6-19-46(43)52(47)39-26-33-25-34(28-39)29-40(52)27-33/h1-13,15-24,30-34,37,39-40H,14,25-29H2. The Morgan fingerprint density at radius 1 is 0.574 bits per heavy atom. The third-order valence-corrected chi connectivity index (χ3v) is 15.3. The number of rotatable bonds is 5. The van der Waals surface area contributed by atoms with Gasteiger partial charge >= 0.3 is 0 Å². The molecule has 6 aliphatic rings. The quantitative estimate of drug-likeness (QED) is 0.172. The van der Waals surface area contributed by atoms with Crippen LogP contribution in [0.1, 0.15) is 61.1 Å². The van der Waals surface area contributed by atoms with Gasteiger partial charge in [0.15, 0.2) is 0 Å². The summed E-state index contributed by atoms with van der Waals surface area (Å²) >= 11 is 1.89. The summed E-state index contributed by atoms with van der Waals surface area (Å²) in [4.78, 5) is 2.53. The van der Waals surface area contributed by atoms with Crippen molar-refractivity contribution in [1.82, 2.24) is 0 Å². The third kappa shape index (κ3) is 4.50. The summed E-state index contributed by atoms with van der Waals surface area (Å²) in [5.74, 6) is 3.79. The second kappa shape index (κ2) is 11.9. The highest BCUT2D eigenvalue weighted by Crippen LogP contribution is 2.69. The van der Waals surface area contributed by atoms with Crippen LogP contribution >= 0.6 is 11.3 Å². The largest absolute Gasteiger partial charge is 0.310 e. The Balaban J connectivity index is 1.00. The number of nitrogens with zero attached hydrogens (tertiary/aromatic N) is 1. The Kier molecular flexibility index (Phi) is 6.88. The normalized spacial score (nSPS) is 26.0. The van der Waals surface area contributed by atoms with Crippen LogP contribution in [-0.2, 0) is 5.41 Å². The zero-order valence-corrected chi connectivity index (χ0v) is 31.3. The predicted molar refractivity (Wildman–Crippen MR) is 228 cm³/mol. The van der Waals surface area contributed by atoms with Crippen LogP contribution < -0.4 is 4.90 Å². The van der Waals surface area contributed by atoms with Crippen LogP contribution in [0.3, 0.4) is 0 Å². The van der Waals surface area contributed by atoms with E-state index in [1.54, 1.807) is 11.1 Å². The van der Waals surface area contributed by atoms with E-state index in [2.05, 4.69) is 163 Å². The molecule has 1 aromatic heterocycles. The number of allylic oxidation sites excluding steroid dienone is 3. The van der Waals surface area contributed by atoms with Crippen LogP contribution in [0.25, 0.3) is 42.4 Å². The molecule has 6 aromatic carbocycles. The highest BCUT2D eigenvalue weighted by atomic mass is 32.1. The molecule has 1 unspecified atom stereocenters. The Morgan fingerprint density at radius 3 is 2.17 bits per heavy atom. The molecule has 0 radical (unpaired) electrons. The molecule has 0 aliphatic heterocycles. The van der Waals surface area contributed by atoms with E-state index in [1.807, 2.05) is 11.3 Å². The molecule has 1 heterocycles. The lowest BCUT2D eigenvalue weighted by molar-refractivity contribution is -0.0399. The molecule has 13 rings (SSSR count). The lowest BCUT2D eigenvalue weighted by atomic mass is 9.43. The maximum absolute atomic E-state index is 2.61. The van der Waals surface area contributed by atoms with Gasteiger partial charge in [0.1, 0.15) is 0 Å². The predicted octanol–water partition coefficient (Wildman–Crippen LogP) is 14.2. The fraction of sp³-hybridized carbons (Fsp3) is 0.231. The van der Waals surface area contributed by atoms with Gasteiger partial charge in [-0.15, -0.1) is 11.3 Å². The van der Waals surface area contributed by atoms with Gasteiger partial charge in [-0.1, -0.05) is 121 Å². The number of benzene rings is 6. The first-order chi connectivity index (χ1) is 26.7. The summed E-state index contributed by atoms with van der Waals surface area (Å²) in [7, 11) is 0. The SMILES string of the molecule is C1=CC(N(c2cccc(-c3ccccc3)c2)c2cccc3sc4ccccc4c23)=CC(c2ccc3c(c2)-c2ccccc2C32C3CC4CC(C3)CC2C4)C1. The topological polar surface area (TPSA) is 3.24 Å². The van der Waals surface area contributed by atoms with Crippen molar-refractivity contribution in [2.75, 3.05) is 4.90 Å². The summed E-state index contributed by atoms with van der Waals surface area (Å²) in [6, 6.07) is 52.9. The van der Waals surface area contributed by atoms with Crippen molar-refractivity contribution in [3.05, 3.63) is 180 Å². The van der Waals surface area contributed by atoms with Gasteiger partial charge in [-0.05, 0) is 138 Å². The number of hydrogen-bond donors (Lipinski definition) is 0. The molecule has 4 bridgehead atoms. The van der Waals surface area contributed by atoms with Crippen LogP contribution in [0.5, 0.6) is 0 Å². The van der Waals surface area contributed by atoms with E-state index in [-0.39, 0.29) is 11.3 Å². The molecular weight excluding hydrogens is 671 g/mol. The molecule has 2 heteroatoms. The molecule has 1 atom stereocenters. The molecule has 1 nitrogen and oxygen atoms in total. The summed E-state index contributed by atoms with van der Waals surface area (Å²) in [5.41, 5.74) is 14.1. The zero-order chi connectivity index (χ0) is 35.4. The molecule has 4 fully saturated rings. The van der Waals surface area contributed by atoms with E-state index < -0.39 is 0 Å². The van der Waals surface area contributed by atoms with Crippen molar-refractivity contribution in [1.29, 1.82) is 0 Å². The minimum Gasteiger partial charge on any atom is -0.310 e. The summed E-state index contributed by atoms with van der Waals surface area (Å²) in [6.45, 7) is 0. The van der Waals surface area contributed by atoms with Gasteiger partial charge in [-0.25, -0.2) is 0 Å². The third-order valence-electron chi connectivity index (χ3n) is 14.1. The van der Waals surface area contributed by atoms with Crippen molar-refractivity contribution < 1.29 is 0 Å². The smallest absolute Gasteiger partial charge is 0.0554 e. The van der Waals surface area contributed by atoms with Gasteiger partial charge in [-0.2, -0.15) is 0 Å². The highest BCUT2D eigenvalue weighted by Gasteiger charge is 2.61. The maximum atomic E-state index is 2.61. The number of hydrogen-bond acceptors (Lipinski definition) is 2. The first-order valence-corrected chi connectivity index (χ1v) is 21.0. The molecule has 0 saturated heterocycles.